The molecule has 0 aromatic rings. The van der Waals surface area contributed by atoms with Gasteiger partial charge in [0.15, 0.2) is 0 Å². The molecule has 3 rings (SSSR count). The third-order valence-corrected chi connectivity index (χ3v) is 8.20. The Morgan fingerprint density at radius 3 is 2.49 bits per heavy atom. The average Bonchev–Trinajstić information content (AvgIpc) is 3.51. The smallest absolute Gasteiger partial charge is 0.147 e. The van der Waals surface area contributed by atoms with Crippen molar-refractivity contribution >= 4 is 17.6 Å². The van der Waals surface area contributed by atoms with Crippen LogP contribution in [0, 0.1) is 16.7 Å². The van der Waals surface area contributed by atoms with Crippen LogP contribution in [0.2, 0.25) is 0 Å². The van der Waals surface area contributed by atoms with Crippen LogP contribution in [0.1, 0.15) is 108 Å². The molecule has 0 aromatic carbocycles. The van der Waals surface area contributed by atoms with Gasteiger partial charge in [-0.3, -0.25) is 10.0 Å². The summed E-state index contributed by atoms with van der Waals surface area (Å²) in [6.07, 6.45) is 20.0. The minimum Gasteiger partial charge on any atom is -0.330 e. The lowest BCUT2D eigenvalue weighted by Crippen LogP contribution is -2.41. The predicted octanol–water partition coefficient (Wildman–Crippen LogP) is 9.76. The van der Waals surface area contributed by atoms with Crippen LogP contribution in [0.25, 0.3) is 0 Å². The van der Waals surface area contributed by atoms with Gasteiger partial charge in [0.2, 0.25) is 0 Å². The normalized spacial score (nSPS) is 26.0. The predicted molar refractivity (Wildman–Crippen MR) is 187 cm³/mol. The van der Waals surface area contributed by atoms with Crippen molar-refractivity contribution < 1.29 is 0 Å². The molecule has 2 unspecified atom stereocenters. The summed E-state index contributed by atoms with van der Waals surface area (Å²) in [6, 6.07) is 0.247. The summed E-state index contributed by atoms with van der Waals surface area (Å²) >= 11 is 1.74. The van der Waals surface area contributed by atoms with Crippen molar-refractivity contribution in [3.05, 3.63) is 70.4 Å². The van der Waals surface area contributed by atoms with Crippen molar-refractivity contribution in [2.24, 2.45) is 27.5 Å². The maximum absolute atomic E-state index is 5.90. The zero-order valence-corrected chi connectivity index (χ0v) is 29.2. The molecule has 0 aromatic heterocycles. The number of fused-ring (bicyclic) bond motifs is 1. The molecule has 4 nitrogen and oxygen atoms in total. The Morgan fingerprint density at radius 1 is 1.27 bits per heavy atom. The first-order valence-electron chi connectivity index (χ1n) is 15.8. The van der Waals surface area contributed by atoms with Crippen LogP contribution in [0.5, 0.6) is 0 Å². The van der Waals surface area contributed by atoms with Crippen molar-refractivity contribution in [2.75, 3.05) is 19.3 Å². The van der Waals surface area contributed by atoms with Gasteiger partial charge in [-0.1, -0.05) is 104 Å². The second-order valence-corrected chi connectivity index (χ2v) is 13.3. The van der Waals surface area contributed by atoms with Gasteiger partial charge in [0.1, 0.15) is 5.84 Å². The fourth-order valence-electron chi connectivity index (χ4n) is 5.72. The van der Waals surface area contributed by atoms with Gasteiger partial charge in [-0.2, -0.15) is 0 Å². The highest BCUT2D eigenvalue weighted by Gasteiger charge is 2.58. The molecular weight excluding hydrogens is 520 g/mol. The molecule has 3 atom stereocenters. The summed E-state index contributed by atoms with van der Waals surface area (Å²) in [4.78, 5) is 5.09. The Hall–Kier alpha value is -1.82. The second kappa shape index (κ2) is 18.0. The van der Waals surface area contributed by atoms with E-state index in [-0.39, 0.29) is 16.9 Å². The summed E-state index contributed by atoms with van der Waals surface area (Å²) in [7, 11) is 0. The molecule has 41 heavy (non-hydrogen) atoms. The van der Waals surface area contributed by atoms with E-state index < -0.39 is 0 Å². The molecule has 5 heteroatoms. The quantitative estimate of drug-likeness (QED) is 0.188. The van der Waals surface area contributed by atoms with Gasteiger partial charge in [-0.15, -0.1) is 11.8 Å². The fourth-order valence-corrected chi connectivity index (χ4v) is 6.03. The number of nitrogens with one attached hydrogen (secondary N) is 1. The highest BCUT2D eigenvalue weighted by molar-refractivity contribution is 8.01. The largest absolute Gasteiger partial charge is 0.330 e. The van der Waals surface area contributed by atoms with Gasteiger partial charge in [-0.05, 0) is 87.1 Å². The molecule has 0 radical (unpaired) electrons. The van der Waals surface area contributed by atoms with Crippen molar-refractivity contribution in [1.29, 1.82) is 0 Å². The zero-order valence-electron chi connectivity index (χ0n) is 28.4. The van der Waals surface area contributed by atoms with E-state index >= 15 is 0 Å². The Labute approximate surface area is 258 Å². The van der Waals surface area contributed by atoms with Gasteiger partial charge in [-0.25, -0.2) is 5.43 Å². The number of hydrazine groups is 1. The number of amidine groups is 1. The number of thioether (sulfide) groups is 1. The molecule has 1 heterocycles. The third-order valence-electron chi connectivity index (χ3n) is 7.79. The lowest BCUT2D eigenvalue weighted by molar-refractivity contribution is 0.313. The summed E-state index contributed by atoms with van der Waals surface area (Å²) in [5.41, 5.74) is 17.0. The number of unbranched alkanes of at least 4 members (excludes halogenated alkanes) is 2. The summed E-state index contributed by atoms with van der Waals surface area (Å²) in [5, 5.41) is 4.43. The topological polar surface area (TPSA) is 53.6 Å². The van der Waals surface area contributed by atoms with Crippen molar-refractivity contribution in [3.8, 4) is 0 Å². The maximum atomic E-state index is 5.90. The number of hydrogen-bond donors (Lipinski definition) is 2. The van der Waals surface area contributed by atoms with Crippen LogP contribution in [-0.4, -0.2) is 36.2 Å². The van der Waals surface area contributed by atoms with E-state index in [4.69, 9.17) is 10.7 Å². The summed E-state index contributed by atoms with van der Waals surface area (Å²) < 4.78 is 0. The average molecular weight is 583 g/mol. The Morgan fingerprint density at radius 2 is 1.95 bits per heavy atom. The summed E-state index contributed by atoms with van der Waals surface area (Å²) in [6.45, 7) is 27.2. The number of aliphatic imine (C=N–C) groups is 1. The number of hydrogen-bond acceptors (Lipinski definition) is 4. The first-order chi connectivity index (χ1) is 19.5. The van der Waals surface area contributed by atoms with Crippen LogP contribution < -0.4 is 11.2 Å². The number of allylic oxidation sites excluding steroid dienone is 9. The van der Waals surface area contributed by atoms with E-state index in [1.807, 2.05) is 19.9 Å². The van der Waals surface area contributed by atoms with Gasteiger partial charge < -0.3 is 5.73 Å². The number of nitrogens with two attached hydrogens (primary N) is 1. The molecule has 1 saturated heterocycles. The standard InChI is InChI=1S/C22H36N4.C12H20S.C2H6/c1-8-16-18(9-10-23)25-26(20(16)24-13-21(4,5)6)19-15(3)11-14(2)17-12-22(17,19)7;1-4-6-7-9-12(8-5-2)10-11-13-3;1-2/h8,11,17-18,25H,9-10,12-13,23H2,1-7H3;5,8,10-11H,2,4,6-7,9H2,1,3H3;1-2H3/b16-8-,24-20?;11-10+,12-8-;/t17?,18?,22-;;/m0../s1. The molecule has 0 bridgehead atoms. The molecule has 1 aliphatic heterocycles. The van der Waals surface area contributed by atoms with Crippen molar-refractivity contribution in [3.63, 3.8) is 0 Å². The van der Waals surface area contributed by atoms with Crippen LogP contribution in [0.15, 0.2) is 75.3 Å². The number of nitrogens with zero attached hydrogens (tertiary/aromatic N) is 2. The molecule has 3 aliphatic rings. The highest BCUT2D eigenvalue weighted by atomic mass is 32.2. The van der Waals surface area contributed by atoms with E-state index in [1.54, 1.807) is 11.8 Å². The zero-order chi connectivity index (χ0) is 31.2. The minimum absolute atomic E-state index is 0.169. The van der Waals surface area contributed by atoms with Crippen LogP contribution in [0.4, 0.5) is 0 Å². The van der Waals surface area contributed by atoms with Crippen LogP contribution in [0.3, 0.4) is 0 Å². The van der Waals surface area contributed by atoms with Gasteiger partial charge in [0.05, 0.1) is 6.04 Å². The Bertz CT molecular complexity index is 1020. The molecule has 2 fully saturated rings. The minimum atomic E-state index is 0.169. The molecule has 2 aliphatic carbocycles. The lowest BCUT2D eigenvalue weighted by atomic mass is 9.88. The Balaban J connectivity index is 0.000000476. The first-order valence-corrected chi connectivity index (χ1v) is 17.1. The molecule has 0 amide bonds. The molecule has 1 saturated carbocycles. The molecular formula is C36H62N4S. The molecule has 3 N–H and O–H groups in total. The van der Waals surface area contributed by atoms with Gasteiger partial charge in [0, 0.05) is 23.2 Å². The van der Waals surface area contributed by atoms with E-state index in [9.17, 15) is 0 Å². The lowest BCUT2D eigenvalue weighted by Gasteiger charge is -2.32. The van der Waals surface area contributed by atoms with E-state index in [1.165, 1.54) is 60.1 Å². The first kappa shape index (κ1) is 37.2. The van der Waals surface area contributed by atoms with Gasteiger partial charge in [0.25, 0.3) is 0 Å². The fraction of sp³-hybridized carbons (Fsp3) is 0.639. The third kappa shape index (κ3) is 10.8. The van der Waals surface area contributed by atoms with E-state index in [2.05, 4.69) is 108 Å². The van der Waals surface area contributed by atoms with Crippen LogP contribution >= 0.6 is 11.8 Å². The summed E-state index contributed by atoms with van der Waals surface area (Å²) in [5.74, 6) is 1.77. The SMILES string of the molecule is C/C=C1\C(=NCC(C)(C)C)N(C2=C(C)C=C(C)C3C[C@]23C)NC1CCN.C=C/C=C(\C=C\SC)CCCCC.CC. The van der Waals surface area contributed by atoms with E-state index in [0.717, 1.165) is 18.8 Å². The van der Waals surface area contributed by atoms with Crippen molar-refractivity contribution in [2.45, 2.75) is 114 Å². The monoisotopic (exact) mass is 582 g/mol. The van der Waals surface area contributed by atoms with Crippen LogP contribution in [-0.2, 0) is 0 Å². The van der Waals surface area contributed by atoms with E-state index in [0.29, 0.717) is 12.5 Å². The molecule has 0 spiro atoms. The van der Waals surface area contributed by atoms with Gasteiger partial charge >= 0.3 is 0 Å². The highest BCUT2D eigenvalue weighted by Crippen LogP contribution is 2.64. The Kier molecular flexibility index (Phi) is 16.3. The second-order valence-electron chi connectivity index (χ2n) is 12.6. The molecule has 232 valence electrons. The van der Waals surface area contributed by atoms with Crippen molar-refractivity contribution in [1.82, 2.24) is 10.4 Å². The number of rotatable bonds is 11. The maximum Gasteiger partial charge on any atom is 0.147 e.